The topological polar surface area (TPSA) is 155 Å². The number of amides is 2. The molecule has 226 valence electrons. The summed E-state index contributed by atoms with van der Waals surface area (Å²) in [6.07, 6.45) is 1.42. The summed E-state index contributed by atoms with van der Waals surface area (Å²) in [5.41, 5.74) is 1.46. The fourth-order valence-electron chi connectivity index (χ4n) is 3.98. The first-order valence-electron chi connectivity index (χ1n) is 13.5. The number of hydrogen-bond donors (Lipinski definition) is 2. The van der Waals surface area contributed by atoms with E-state index < -0.39 is 29.0 Å². The van der Waals surface area contributed by atoms with E-state index in [1.807, 2.05) is 34.9 Å². The molecule has 0 saturated carbocycles. The van der Waals surface area contributed by atoms with E-state index in [4.69, 9.17) is 13.9 Å². The molecule has 2 amide bonds. The number of rotatable bonds is 13. The molecule has 1 aromatic carbocycles. The lowest BCUT2D eigenvalue weighted by molar-refractivity contribution is -0.115. The lowest BCUT2D eigenvalue weighted by atomic mass is 10.1. The number of benzene rings is 1. The Hall–Kier alpha value is -4.43. The van der Waals surface area contributed by atoms with Gasteiger partial charge in [-0.15, -0.1) is 21.5 Å². The Kier molecular flexibility index (Phi) is 10.7. The predicted molar refractivity (Wildman–Crippen MR) is 160 cm³/mol. The molecule has 12 nitrogen and oxygen atoms in total. The van der Waals surface area contributed by atoms with Gasteiger partial charge in [-0.2, -0.15) is 0 Å². The van der Waals surface area contributed by atoms with Crippen molar-refractivity contribution in [3.05, 3.63) is 81.9 Å². The molecule has 1 atom stereocenters. The monoisotopic (exact) mass is 625 g/mol. The second kappa shape index (κ2) is 14.6. The van der Waals surface area contributed by atoms with Gasteiger partial charge in [0.15, 0.2) is 16.7 Å². The molecule has 0 aliphatic heterocycles. The minimum atomic E-state index is -0.687. The first kappa shape index (κ1) is 31.5. The highest BCUT2D eigenvalue weighted by molar-refractivity contribution is 8.00. The third kappa shape index (κ3) is 7.70. The van der Waals surface area contributed by atoms with Crippen LogP contribution in [-0.2, 0) is 27.4 Å². The molecule has 0 bridgehead atoms. The van der Waals surface area contributed by atoms with E-state index in [2.05, 4.69) is 20.8 Å². The third-order valence-corrected chi connectivity index (χ3v) is 8.37. The minimum Gasteiger partial charge on any atom is -0.462 e. The molecule has 0 spiro atoms. The predicted octanol–water partition coefficient (Wildman–Crippen LogP) is 4.69. The van der Waals surface area contributed by atoms with Crippen molar-refractivity contribution >= 4 is 51.9 Å². The smallest absolute Gasteiger partial charge is 0.348 e. The van der Waals surface area contributed by atoms with Crippen LogP contribution >= 0.6 is 23.1 Å². The highest BCUT2D eigenvalue weighted by atomic mass is 32.2. The molecule has 4 rings (SSSR count). The molecule has 0 fully saturated rings. The van der Waals surface area contributed by atoms with E-state index in [-0.39, 0.29) is 41.0 Å². The molecule has 3 heterocycles. The third-order valence-electron chi connectivity index (χ3n) is 6.10. The largest absolute Gasteiger partial charge is 0.462 e. The SMILES string of the molecule is CCOC(=O)c1sc(NC(=O)C(C)Sc2nnc(CNC(=O)c3ccco3)n2Cc2ccccc2)c(C(=O)OCC)c1C. The lowest BCUT2D eigenvalue weighted by Crippen LogP contribution is -2.25. The van der Waals surface area contributed by atoms with E-state index in [0.717, 1.165) is 28.7 Å². The van der Waals surface area contributed by atoms with Gasteiger partial charge in [0.2, 0.25) is 5.91 Å². The zero-order chi connectivity index (χ0) is 30.9. The average Bonchev–Trinajstić information content (AvgIpc) is 3.73. The number of nitrogens with one attached hydrogen (secondary N) is 2. The van der Waals surface area contributed by atoms with Crippen molar-refractivity contribution in [2.24, 2.45) is 0 Å². The average molecular weight is 626 g/mol. The molecule has 2 N–H and O–H groups in total. The number of anilines is 1. The summed E-state index contributed by atoms with van der Waals surface area (Å²) in [7, 11) is 0. The van der Waals surface area contributed by atoms with Gasteiger partial charge < -0.3 is 29.1 Å². The lowest BCUT2D eigenvalue weighted by Gasteiger charge is -2.14. The molecule has 14 heteroatoms. The standard InChI is InChI=1S/C29H31N5O7S2/c1-5-39-27(37)22-17(3)23(28(38)40-6-2)43-26(22)31-24(35)18(4)42-29-33-32-21(15-30-25(36)20-13-10-14-41-20)34(29)16-19-11-8-7-9-12-19/h7-14,18H,5-6,15-16H2,1-4H3,(H,30,36)(H,31,35). The van der Waals surface area contributed by atoms with Gasteiger partial charge in [-0.3, -0.25) is 9.59 Å². The van der Waals surface area contributed by atoms with E-state index in [1.165, 1.54) is 6.26 Å². The summed E-state index contributed by atoms with van der Waals surface area (Å²) >= 11 is 2.12. The number of aromatic nitrogens is 3. The second-order valence-electron chi connectivity index (χ2n) is 9.08. The molecule has 4 aromatic rings. The summed E-state index contributed by atoms with van der Waals surface area (Å²) in [5.74, 6) is -1.39. The highest BCUT2D eigenvalue weighted by Gasteiger charge is 2.29. The van der Waals surface area contributed by atoms with Crippen molar-refractivity contribution in [2.45, 2.75) is 51.2 Å². The van der Waals surface area contributed by atoms with Gasteiger partial charge in [0.05, 0.1) is 43.4 Å². The molecule has 43 heavy (non-hydrogen) atoms. The summed E-state index contributed by atoms with van der Waals surface area (Å²) in [6.45, 7) is 7.43. The van der Waals surface area contributed by atoms with Gasteiger partial charge in [0, 0.05) is 0 Å². The molecule has 0 aliphatic carbocycles. The van der Waals surface area contributed by atoms with E-state index in [1.54, 1.807) is 39.8 Å². The molecular weight excluding hydrogens is 594 g/mol. The van der Waals surface area contributed by atoms with Crippen LogP contribution in [0.5, 0.6) is 0 Å². The molecule has 0 saturated heterocycles. The number of carbonyl (C=O) groups excluding carboxylic acids is 4. The quantitative estimate of drug-likeness (QED) is 0.158. The second-order valence-corrected chi connectivity index (χ2v) is 11.4. The van der Waals surface area contributed by atoms with Crippen molar-refractivity contribution in [1.82, 2.24) is 20.1 Å². The van der Waals surface area contributed by atoms with Gasteiger partial charge >= 0.3 is 11.9 Å². The number of esters is 2. The van der Waals surface area contributed by atoms with Crippen molar-refractivity contribution < 1.29 is 33.1 Å². The normalized spacial score (nSPS) is 11.5. The number of ether oxygens (including phenoxy) is 2. The Labute approximate surface area is 256 Å². The van der Waals surface area contributed by atoms with Crippen LogP contribution in [0.4, 0.5) is 5.00 Å². The Morgan fingerprint density at radius 3 is 2.42 bits per heavy atom. The van der Waals surface area contributed by atoms with Crippen LogP contribution in [0, 0.1) is 6.92 Å². The first-order valence-corrected chi connectivity index (χ1v) is 15.2. The van der Waals surface area contributed by atoms with Gasteiger partial charge in [-0.25, -0.2) is 9.59 Å². The summed E-state index contributed by atoms with van der Waals surface area (Å²) in [6, 6.07) is 12.8. The Balaban J connectivity index is 1.55. The number of thiophene rings is 1. The van der Waals surface area contributed by atoms with Gasteiger partial charge in [0.1, 0.15) is 9.88 Å². The van der Waals surface area contributed by atoms with Crippen molar-refractivity contribution in [3.8, 4) is 0 Å². The molecule has 3 aromatic heterocycles. The molecule has 0 aliphatic rings. The molecule has 1 unspecified atom stereocenters. The summed E-state index contributed by atoms with van der Waals surface area (Å²) < 4.78 is 17.3. The molecular formula is C29H31N5O7S2. The van der Waals surface area contributed by atoms with Crippen LogP contribution in [0.25, 0.3) is 0 Å². The highest BCUT2D eigenvalue weighted by Crippen LogP contribution is 2.35. The fourth-order valence-corrected chi connectivity index (χ4v) is 5.94. The number of thioether (sulfide) groups is 1. The van der Waals surface area contributed by atoms with Crippen molar-refractivity contribution in [2.75, 3.05) is 18.5 Å². The summed E-state index contributed by atoms with van der Waals surface area (Å²) in [5, 5.41) is 14.1. The Morgan fingerprint density at radius 2 is 1.74 bits per heavy atom. The number of furan rings is 1. The van der Waals surface area contributed by atoms with Gasteiger partial charge in [0.25, 0.3) is 5.91 Å². The van der Waals surface area contributed by atoms with Crippen LogP contribution < -0.4 is 10.6 Å². The van der Waals surface area contributed by atoms with Crippen LogP contribution in [0.3, 0.4) is 0 Å². The number of nitrogens with zero attached hydrogens (tertiary/aromatic N) is 3. The number of carbonyl (C=O) groups is 4. The fraction of sp³-hybridized carbons (Fsp3) is 0.310. The van der Waals surface area contributed by atoms with Crippen LogP contribution in [0.1, 0.15) is 68.3 Å². The van der Waals surface area contributed by atoms with Crippen LogP contribution in [-0.4, -0.2) is 57.0 Å². The van der Waals surface area contributed by atoms with E-state index in [0.29, 0.717) is 23.1 Å². The van der Waals surface area contributed by atoms with Gasteiger partial charge in [-0.05, 0) is 51.0 Å². The van der Waals surface area contributed by atoms with Crippen LogP contribution in [0.15, 0.2) is 58.3 Å². The Bertz CT molecular complexity index is 1580. The zero-order valence-electron chi connectivity index (χ0n) is 24.0. The zero-order valence-corrected chi connectivity index (χ0v) is 25.7. The minimum absolute atomic E-state index is 0.0779. The maximum absolute atomic E-state index is 13.4. The Morgan fingerprint density at radius 1 is 1.02 bits per heavy atom. The van der Waals surface area contributed by atoms with E-state index >= 15 is 0 Å². The van der Waals surface area contributed by atoms with Crippen molar-refractivity contribution in [1.29, 1.82) is 0 Å². The summed E-state index contributed by atoms with van der Waals surface area (Å²) in [4.78, 5) is 51.3. The molecule has 0 radical (unpaired) electrons. The first-order chi connectivity index (χ1) is 20.7. The van der Waals surface area contributed by atoms with Crippen LogP contribution in [0.2, 0.25) is 0 Å². The number of hydrogen-bond acceptors (Lipinski definition) is 11. The maximum Gasteiger partial charge on any atom is 0.348 e. The van der Waals surface area contributed by atoms with E-state index in [9.17, 15) is 19.2 Å². The van der Waals surface area contributed by atoms with Gasteiger partial charge in [-0.1, -0.05) is 42.1 Å². The maximum atomic E-state index is 13.4. The van der Waals surface area contributed by atoms with Crippen molar-refractivity contribution in [3.63, 3.8) is 0 Å².